The summed E-state index contributed by atoms with van der Waals surface area (Å²) in [6.45, 7) is 1.76. The van der Waals surface area contributed by atoms with Gasteiger partial charge in [-0.2, -0.15) is 5.26 Å². The number of carbonyl (C=O) groups is 1. The molecular weight excluding hydrogens is 294 g/mol. The van der Waals surface area contributed by atoms with E-state index in [2.05, 4.69) is 15.9 Å². The third kappa shape index (κ3) is 2.36. The second-order valence-corrected chi connectivity index (χ2v) is 4.75. The fourth-order valence-electron chi connectivity index (χ4n) is 1.72. The van der Waals surface area contributed by atoms with E-state index in [-0.39, 0.29) is 5.78 Å². The number of ketones is 1. The molecule has 4 heteroatoms. The number of Topliss-reactive ketones (excluding diaryl/α,β-unsaturated/α-hetero) is 1. The van der Waals surface area contributed by atoms with Gasteiger partial charge in [0.05, 0.1) is 11.6 Å². The molecule has 3 nitrogen and oxygen atoms in total. The van der Waals surface area contributed by atoms with Gasteiger partial charge in [-0.1, -0.05) is 34.1 Å². The van der Waals surface area contributed by atoms with Gasteiger partial charge in [-0.25, -0.2) is 0 Å². The van der Waals surface area contributed by atoms with Gasteiger partial charge in [0.25, 0.3) is 0 Å². The van der Waals surface area contributed by atoms with Crippen molar-refractivity contribution >= 4 is 21.7 Å². The molecule has 1 aromatic carbocycles. The van der Waals surface area contributed by atoms with Crippen molar-refractivity contribution in [2.24, 2.45) is 0 Å². The molecule has 0 aliphatic carbocycles. The maximum Gasteiger partial charge on any atom is 0.187 e. The third-order valence-electron chi connectivity index (χ3n) is 2.62. The zero-order chi connectivity index (χ0) is 13.1. The standard InChI is InChI=1S/C14H10BrNO2/c1-9-6-10(8-18-9)14(17)12(7-16)11-4-2-3-5-13(11)15/h2-6,8,12H,1H3. The minimum atomic E-state index is -0.822. The summed E-state index contributed by atoms with van der Waals surface area (Å²) in [5.74, 6) is -0.416. The number of aryl methyl sites for hydroxylation is 1. The highest BCUT2D eigenvalue weighted by atomic mass is 79.9. The van der Waals surface area contributed by atoms with Crippen LogP contribution in [0, 0.1) is 18.3 Å². The molecule has 18 heavy (non-hydrogen) atoms. The molecule has 0 saturated heterocycles. The average Bonchev–Trinajstić information content (AvgIpc) is 2.79. The maximum absolute atomic E-state index is 12.2. The number of benzene rings is 1. The van der Waals surface area contributed by atoms with Gasteiger partial charge in [0.15, 0.2) is 5.78 Å². The lowest BCUT2D eigenvalue weighted by atomic mass is 9.93. The molecule has 0 fully saturated rings. The second-order valence-electron chi connectivity index (χ2n) is 3.89. The van der Waals surface area contributed by atoms with Crippen molar-refractivity contribution in [3.63, 3.8) is 0 Å². The van der Waals surface area contributed by atoms with Crippen molar-refractivity contribution in [3.05, 3.63) is 58.0 Å². The Morgan fingerprint density at radius 2 is 2.17 bits per heavy atom. The van der Waals surface area contributed by atoms with E-state index in [1.165, 1.54) is 6.26 Å². The highest BCUT2D eigenvalue weighted by Crippen LogP contribution is 2.27. The van der Waals surface area contributed by atoms with Crippen LogP contribution in [0.3, 0.4) is 0 Å². The summed E-state index contributed by atoms with van der Waals surface area (Å²) in [5, 5.41) is 9.22. The number of nitriles is 1. The molecule has 1 aromatic heterocycles. The lowest BCUT2D eigenvalue weighted by Crippen LogP contribution is -2.11. The van der Waals surface area contributed by atoms with Gasteiger partial charge in [0.2, 0.25) is 0 Å². The van der Waals surface area contributed by atoms with Gasteiger partial charge in [-0.15, -0.1) is 0 Å². The number of carbonyl (C=O) groups excluding carboxylic acids is 1. The smallest absolute Gasteiger partial charge is 0.187 e. The quantitative estimate of drug-likeness (QED) is 0.810. The van der Waals surface area contributed by atoms with Crippen molar-refractivity contribution in [1.82, 2.24) is 0 Å². The van der Waals surface area contributed by atoms with Crippen molar-refractivity contribution in [2.75, 3.05) is 0 Å². The molecule has 0 saturated carbocycles. The van der Waals surface area contributed by atoms with Crippen molar-refractivity contribution < 1.29 is 9.21 Å². The molecule has 1 heterocycles. The zero-order valence-corrected chi connectivity index (χ0v) is 11.3. The van der Waals surface area contributed by atoms with Crippen molar-refractivity contribution in [3.8, 4) is 6.07 Å². The van der Waals surface area contributed by atoms with Gasteiger partial charge >= 0.3 is 0 Å². The zero-order valence-electron chi connectivity index (χ0n) is 9.68. The van der Waals surface area contributed by atoms with Crippen molar-refractivity contribution in [1.29, 1.82) is 5.26 Å². The Morgan fingerprint density at radius 1 is 1.44 bits per heavy atom. The van der Waals surface area contributed by atoms with Gasteiger partial charge in [0.1, 0.15) is 17.9 Å². The lowest BCUT2D eigenvalue weighted by Gasteiger charge is -2.08. The van der Waals surface area contributed by atoms with E-state index in [1.807, 2.05) is 18.2 Å². The molecule has 0 N–H and O–H groups in total. The number of furan rings is 1. The van der Waals surface area contributed by atoms with Crippen LogP contribution < -0.4 is 0 Å². The lowest BCUT2D eigenvalue weighted by molar-refractivity contribution is 0.0978. The Morgan fingerprint density at radius 3 is 2.72 bits per heavy atom. The minimum Gasteiger partial charge on any atom is -0.469 e. The molecule has 0 bridgehead atoms. The molecular formula is C14H10BrNO2. The van der Waals surface area contributed by atoms with E-state index in [0.717, 1.165) is 4.47 Å². The van der Waals surface area contributed by atoms with Gasteiger partial charge in [-0.05, 0) is 24.6 Å². The van der Waals surface area contributed by atoms with E-state index in [0.29, 0.717) is 16.9 Å². The predicted molar refractivity (Wildman–Crippen MR) is 70.3 cm³/mol. The first kappa shape index (κ1) is 12.6. The summed E-state index contributed by atoms with van der Waals surface area (Å²) >= 11 is 3.36. The monoisotopic (exact) mass is 303 g/mol. The molecule has 90 valence electrons. The summed E-state index contributed by atoms with van der Waals surface area (Å²) in [4.78, 5) is 12.2. The van der Waals surface area contributed by atoms with Crippen LogP contribution in [0.1, 0.15) is 27.6 Å². The summed E-state index contributed by atoms with van der Waals surface area (Å²) in [7, 11) is 0. The molecule has 1 unspecified atom stereocenters. The van der Waals surface area contributed by atoms with E-state index in [9.17, 15) is 10.1 Å². The van der Waals surface area contributed by atoms with Crippen LogP contribution in [-0.2, 0) is 0 Å². The fraction of sp³-hybridized carbons (Fsp3) is 0.143. The van der Waals surface area contributed by atoms with Gasteiger partial charge in [-0.3, -0.25) is 4.79 Å². The first-order valence-corrected chi connectivity index (χ1v) is 6.16. The predicted octanol–water partition coefficient (Wildman–Crippen LogP) is 3.84. The summed E-state index contributed by atoms with van der Waals surface area (Å²) in [6.07, 6.45) is 1.39. The SMILES string of the molecule is Cc1cc(C(=O)C(C#N)c2ccccc2Br)co1. The fourth-order valence-corrected chi connectivity index (χ4v) is 2.23. The third-order valence-corrected chi connectivity index (χ3v) is 3.34. The Hall–Kier alpha value is -1.86. The highest BCUT2D eigenvalue weighted by Gasteiger charge is 2.24. The molecule has 0 amide bonds. The number of hydrogen-bond acceptors (Lipinski definition) is 3. The summed E-state index contributed by atoms with van der Waals surface area (Å²) < 4.78 is 5.86. The molecule has 2 rings (SSSR count). The van der Waals surface area contributed by atoms with E-state index < -0.39 is 5.92 Å². The van der Waals surface area contributed by atoms with Crippen LogP contribution in [-0.4, -0.2) is 5.78 Å². The Balaban J connectivity index is 2.39. The largest absolute Gasteiger partial charge is 0.469 e. The molecule has 0 spiro atoms. The van der Waals surface area contributed by atoms with Crippen LogP contribution in [0.25, 0.3) is 0 Å². The number of rotatable bonds is 3. The summed E-state index contributed by atoms with van der Waals surface area (Å²) in [6, 6.07) is 10.9. The Labute approximate surface area is 113 Å². The average molecular weight is 304 g/mol. The first-order valence-electron chi connectivity index (χ1n) is 5.37. The van der Waals surface area contributed by atoms with E-state index in [1.54, 1.807) is 25.1 Å². The minimum absolute atomic E-state index is 0.249. The van der Waals surface area contributed by atoms with Crippen LogP contribution >= 0.6 is 15.9 Å². The Kier molecular flexibility index (Phi) is 3.63. The molecule has 0 radical (unpaired) electrons. The second kappa shape index (κ2) is 5.19. The van der Waals surface area contributed by atoms with Gasteiger partial charge in [0, 0.05) is 4.47 Å². The van der Waals surface area contributed by atoms with Gasteiger partial charge < -0.3 is 4.42 Å². The molecule has 0 aliphatic rings. The molecule has 1 atom stereocenters. The molecule has 0 aliphatic heterocycles. The van der Waals surface area contributed by atoms with Crippen LogP contribution in [0.2, 0.25) is 0 Å². The topological polar surface area (TPSA) is 54.0 Å². The normalized spacial score (nSPS) is 11.8. The van der Waals surface area contributed by atoms with Crippen LogP contribution in [0.15, 0.2) is 45.5 Å². The Bertz CT molecular complexity index is 625. The maximum atomic E-state index is 12.2. The molecule has 2 aromatic rings. The number of hydrogen-bond donors (Lipinski definition) is 0. The number of nitrogens with zero attached hydrogens (tertiary/aromatic N) is 1. The van der Waals surface area contributed by atoms with E-state index in [4.69, 9.17) is 4.42 Å². The highest BCUT2D eigenvalue weighted by molar-refractivity contribution is 9.10. The van der Waals surface area contributed by atoms with Crippen LogP contribution in [0.4, 0.5) is 0 Å². The van der Waals surface area contributed by atoms with Crippen molar-refractivity contribution in [2.45, 2.75) is 12.8 Å². The number of halogens is 1. The van der Waals surface area contributed by atoms with Crippen LogP contribution in [0.5, 0.6) is 0 Å². The van der Waals surface area contributed by atoms with E-state index >= 15 is 0 Å². The summed E-state index contributed by atoms with van der Waals surface area (Å²) in [5.41, 5.74) is 1.10. The first-order chi connectivity index (χ1) is 8.63.